The van der Waals surface area contributed by atoms with Crippen molar-refractivity contribution in [1.29, 1.82) is 0 Å². The Hall–Kier alpha value is -3.32. The standard InChI is InChI=1S/C22H20N4O2S/c1-14-7-6-10-20(15(14)2)26(16(3)27)22-24-17(12-29-22)11-25-13-23-19-9-5-4-8-18(19)21(25)28/h4-10,12-13H,11H2,1-3H3. The maximum absolute atomic E-state index is 12.7. The summed E-state index contributed by atoms with van der Waals surface area (Å²) in [5.41, 5.74) is 4.24. The lowest BCUT2D eigenvalue weighted by Gasteiger charge is -2.21. The van der Waals surface area contributed by atoms with Crippen molar-refractivity contribution in [2.75, 3.05) is 4.90 Å². The summed E-state index contributed by atoms with van der Waals surface area (Å²) >= 11 is 1.38. The molecule has 0 fully saturated rings. The number of benzene rings is 2. The van der Waals surface area contributed by atoms with Crippen molar-refractivity contribution in [3.05, 3.63) is 81.3 Å². The van der Waals surface area contributed by atoms with E-state index in [0.717, 1.165) is 16.8 Å². The summed E-state index contributed by atoms with van der Waals surface area (Å²) in [5, 5.41) is 3.03. The van der Waals surface area contributed by atoms with Crippen LogP contribution in [0, 0.1) is 13.8 Å². The van der Waals surface area contributed by atoms with E-state index in [-0.39, 0.29) is 11.5 Å². The van der Waals surface area contributed by atoms with E-state index in [4.69, 9.17) is 0 Å². The number of anilines is 2. The van der Waals surface area contributed by atoms with Gasteiger partial charge in [-0.3, -0.25) is 19.1 Å². The first-order valence-electron chi connectivity index (χ1n) is 9.21. The number of para-hydroxylation sites is 1. The van der Waals surface area contributed by atoms with Gasteiger partial charge in [0.2, 0.25) is 5.91 Å². The maximum atomic E-state index is 12.7. The van der Waals surface area contributed by atoms with E-state index in [2.05, 4.69) is 9.97 Å². The SMILES string of the molecule is CC(=O)N(c1nc(Cn2cnc3ccccc3c2=O)cs1)c1cccc(C)c1C. The number of aryl methyl sites for hydroxylation is 1. The van der Waals surface area contributed by atoms with E-state index in [9.17, 15) is 9.59 Å². The van der Waals surface area contributed by atoms with Gasteiger partial charge < -0.3 is 0 Å². The Labute approximate surface area is 172 Å². The van der Waals surface area contributed by atoms with Gasteiger partial charge in [0.25, 0.3) is 5.56 Å². The average molecular weight is 404 g/mol. The molecule has 2 aromatic heterocycles. The van der Waals surface area contributed by atoms with Crippen LogP contribution in [0.3, 0.4) is 0 Å². The molecular weight excluding hydrogens is 384 g/mol. The summed E-state index contributed by atoms with van der Waals surface area (Å²) in [6.45, 7) is 5.84. The van der Waals surface area contributed by atoms with Gasteiger partial charge in [-0.1, -0.05) is 24.3 Å². The molecule has 0 saturated heterocycles. The minimum atomic E-state index is -0.108. The Morgan fingerprint density at radius 3 is 2.72 bits per heavy atom. The topological polar surface area (TPSA) is 68.1 Å². The highest BCUT2D eigenvalue weighted by Gasteiger charge is 2.20. The van der Waals surface area contributed by atoms with Crippen LogP contribution in [-0.4, -0.2) is 20.4 Å². The second-order valence-corrected chi connectivity index (χ2v) is 7.73. The van der Waals surface area contributed by atoms with E-state index in [0.29, 0.717) is 28.3 Å². The summed E-state index contributed by atoms with van der Waals surface area (Å²) in [5.74, 6) is -0.107. The highest BCUT2D eigenvalue weighted by molar-refractivity contribution is 7.14. The molecule has 0 atom stereocenters. The fourth-order valence-corrected chi connectivity index (χ4v) is 4.12. The number of thiazole rings is 1. The number of carbonyl (C=O) groups is 1. The van der Waals surface area contributed by atoms with Crippen LogP contribution >= 0.6 is 11.3 Å². The molecule has 0 unspecified atom stereocenters. The Balaban J connectivity index is 1.69. The van der Waals surface area contributed by atoms with Gasteiger partial charge in [0.15, 0.2) is 5.13 Å². The third-order valence-corrected chi connectivity index (χ3v) is 5.80. The molecule has 29 heavy (non-hydrogen) atoms. The van der Waals surface area contributed by atoms with Gasteiger partial charge in [-0.25, -0.2) is 9.97 Å². The molecule has 146 valence electrons. The summed E-state index contributed by atoms with van der Waals surface area (Å²) in [6, 6.07) is 13.1. The van der Waals surface area contributed by atoms with E-state index in [1.807, 2.05) is 55.6 Å². The molecule has 0 spiro atoms. The molecule has 1 amide bonds. The lowest BCUT2D eigenvalue weighted by atomic mass is 10.1. The average Bonchev–Trinajstić information content (AvgIpc) is 3.15. The fraction of sp³-hybridized carbons (Fsp3) is 0.182. The highest BCUT2D eigenvalue weighted by Crippen LogP contribution is 2.32. The van der Waals surface area contributed by atoms with Crippen LogP contribution in [-0.2, 0) is 11.3 Å². The second-order valence-electron chi connectivity index (χ2n) is 6.89. The quantitative estimate of drug-likeness (QED) is 0.511. The Morgan fingerprint density at radius 2 is 1.93 bits per heavy atom. The van der Waals surface area contributed by atoms with Crippen LogP contribution in [0.2, 0.25) is 0 Å². The Bertz CT molecular complexity index is 1280. The largest absolute Gasteiger partial charge is 0.293 e. The van der Waals surface area contributed by atoms with Crippen LogP contribution < -0.4 is 10.5 Å². The molecule has 0 aliphatic rings. The molecule has 0 N–H and O–H groups in total. The van der Waals surface area contributed by atoms with Gasteiger partial charge in [-0.15, -0.1) is 11.3 Å². The van der Waals surface area contributed by atoms with E-state index in [1.54, 1.807) is 11.0 Å². The van der Waals surface area contributed by atoms with Crippen molar-refractivity contribution >= 4 is 39.0 Å². The van der Waals surface area contributed by atoms with Crippen LogP contribution in [0.5, 0.6) is 0 Å². The molecule has 0 aliphatic carbocycles. The maximum Gasteiger partial charge on any atom is 0.261 e. The molecule has 2 heterocycles. The fourth-order valence-electron chi connectivity index (χ4n) is 3.25. The Kier molecular flexibility index (Phi) is 4.98. The van der Waals surface area contributed by atoms with Gasteiger partial charge in [0.05, 0.1) is 35.2 Å². The molecule has 4 aromatic rings. The van der Waals surface area contributed by atoms with Crippen LogP contribution in [0.1, 0.15) is 23.7 Å². The summed E-state index contributed by atoms with van der Waals surface area (Å²) in [6.07, 6.45) is 1.54. The number of hydrogen-bond donors (Lipinski definition) is 0. The van der Waals surface area contributed by atoms with Gasteiger partial charge in [0.1, 0.15) is 0 Å². The van der Waals surface area contributed by atoms with Crippen molar-refractivity contribution in [1.82, 2.24) is 14.5 Å². The molecule has 2 aromatic carbocycles. The monoisotopic (exact) mass is 404 g/mol. The number of carbonyl (C=O) groups excluding carboxylic acids is 1. The van der Waals surface area contributed by atoms with Crippen molar-refractivity contribution < 1.29 is 4.79 Å². The molecule has 4 rings (SSSR count). The van der Waals surface area contributed by atoms with Crippen LogP contribution in [0.25, 0.3) is 10.9 Å². The first kappa shape index (κ1) is 19.0. The van der Waals surface area contributed by atoms with E-state index >= 15 is 0 Å². The molecular formula is C22H20N4O2S. The zero-order valence-corrected chi connectivity index (χ0v) is 17.2. The number of nitrogens with zero attached hydrogens (tertiary/aromatic N) is 4. The molecule has 7 heteroatoms. The van der Waals surface area contributed by atoms with E-state index < -0.39 is 0 Å². The van der Waals surface area contributed by atoms with E-state index in [1.165, 1.54) is 29.2 Å². The number of hydrogen-bond acceptors (Lipinski definition) is 5. The zero-order chi connectivity index (χ0) is 20.5. The molecule has 0 bridgehead atoms. The number of aromatic nitrogens is 3. The minimum absolute atomic E-state index is 0.107. The summed E-state index contributed by atoms with van der Waals surface area (Å²) in [7, 11) is 0. The van der Waals surface area contributed by atoms with Crippen LogP contribution in [0.4, 0.5) is 10.8 Å². The molecule has 0 saturated carbocycles. The lowest BCUT2D eigenvalue weighted by molar-refractivity contribution is -0.115. The zero-order valence-electron chi connectivity index (χ0n) is 16.4. The Morgan fingerprint density at radius 1 is 1.14 bits per heavy atom. The third-order valence-electron chi connectivity index (χ3n) is 4.93. The minimum Gasteiger partial charge on any atom is -0.293 e. The van der Waals surface area contributed by atoms with Crippen molar-refractivity contribution in [3.63, 3.8) is 0 Å². The number of rotatable bonds is 4. The first-order valence-corrected chi connectivity index (χ1v) is 10.1. The molecule has 0 radical (unpaired) electrons. The predicted molar refractivity (Wildman–Crippen MR) is 116 cm³/mol. The lowest BCUT2D eigenvalue weighted by Crippen LogP contribution is -2.24. The number of fused-ring (bicyclic) bond motifs is 1. The van der Waals surface area contributed by atoms with Crippen LogP contribution in [0.15, 0.2) is 59.0 Å². The summed E-state index contributed by atoms with van der Waals surface area (Å²) < 4.78 is 1.54. The van der Waals surface area contributed by atoms with Gasteiger partial charge >= 0.3 is 0 Å². The van der Waals surface area contributed by atoms with Gasteiger partial charge in [-0.2, -0.15) is 0 Å². The summed E-state index contributed by atoms with van der Waals surface area (Å²) in [4.78, 5) is 35.7. The smallest absolute Gasteiger partial charge is 0.261 e. The second kappa shape index (κ2) is 7.60. The molecule has 6 nitrogen and oxygen atoms in total. The first-order chi connectivity index (χ1) is 14.0. The van der Waals surface area contributed by atoms with Crippen molar-refractivity contribution in [2.24, 2.45) is 0 Å². The predicted octanol–water partition coefficient (Wildman–Crippen LogP) is 4.20. The van der Waals surface area contributed by atoms with Crippen molar-refractivity contribution in [3.8, 4) is 0 Å². The third kappa shape index (κ3) is 3.56. The normalized spacial score (nSPS) is 11.0. The number of amides is 1. The molecule has 0 aliphatic heterocycles. The highest BCUT2D eigenvalue weighted by atomic mass is 32.1. The van der Waals surface area contributed by atoms with Gasteiger partial charge in [-0.05, 0) is 43.2 Å². The van der Waals surface area contributed by atoms with Gasteiger partial charge in [0, 0.05) is 12.3 Å². The van der Waals surface area contributed by atoms with Crippen molar-refractivity contribution in [2.45, 2.75) is 27.3 Å².